The van der Waals surface area contributed by atoms with Crippen LogP contribution in [0.2, 0.25) is 0 Å². The first-order chi connectivity index (χ1) is 13.5. The van der Waals surface area contributed by atoms with E-state index >= 15 is 0 Å². The number of rotatable bonds is 4. The molecule has 0 saturated heterocycles. The minimum Gasteiger partial charge on any atom is -0.207 e. The third kappa shape index (κ3) is 4.21. The van der Waals surface area contributed by atoms with Gasteiger partial charge in [-0.15, -0.1) is 6.58 Å². The Kier molecular flexibility index (Phi) is 6.23. The van der Waals surface area contributed by atoms with E-state index in [0.29, 0.717) is 5.92 Å². The second kappa shape index (κ2) is 8.67. The zero-order valence-electron chi connectivity index (χ0n) is 17.4. The van der Waals surface area contributed by atoms with Gasteiger partial charge in [0.1, 0.15) is 11.6 Å². The van der Waals surface area contributed by atoms with E-state index in [1.54, 1.807) is 18.2 Å². The summed E-state index contributed by atoms with van der Waals surface area (Å²) in [5.74, 6) is 3.99. The van der Waals surface area contributed by atoms with Crippen molar-refractivity contribution in [3.8, 4) is 0 Å². The van der Waals surface area contributed by atoms with E-state index in [0.717, 1.165) is 48.0 Å². The molecular weight excluding hydrogens is 350 g/mol. The van der Waals surface area contributed by atoms with E-state index in [1.807, 2.05) is 0 Å². The van der Waals surface area contributed by atoms with Gasteiger partial charge >= 0.3 is 0 Å². The summed E-state index contributed by atoms with van der Waals surface area (Å²) >= 11 is 0. The van der Waals surface area contributed by atoms with Gasteiger partial charge in [-0.1, -0.05) is 25.8 Å². The third-order valence-electron chi connectivity index (χ3n) is 8.36. The van der Waals surface area contributed by atoms with Crippen molar-refractivity contribution >= 4 is 0 Å². The second-order valence-electron chi connectivity index (χ2n) is 10.1. The SMILES string of the molecule is C=CCc1c(F)cc(C2CCC3CC(C4CCC(C)CC4)CCC3C2)cc1F. The molecule has 0 radical (unpaired) electrons. The van der Waals surface area contributed by atoms with Gasteiger partial charge in [-0.05, 0) is 111 Å². The molecule has 1 aromatic carbocycles. The van der Waals surface area contributed by atoms with Gasteiger partial charge < -0.3 is 0 Å². The zero-order chi connectivity index (χ0) is 19.7. The number of allylic oxidation sites excluding steroid dienone is 1. The normalized spacial score (nSPS) is 36.0. The number of hydrogen-bond donors (Lipinski definition) is 0. The van der Waals surface area contributed by atoms with Gasteiger partial charge in [0.2, 0.25) is 0 Å². The van der Waals surface area contributed by atoms with Crippen molar-refractivity contribution in [2.75, 3.05) is 0 Å². The summed E-state index contributed by atoms with van der Waals surface area (Å²) in [6, 6.07) is 3.20. The van der Waals surface area contributed by atoms with E-state index in [9.17, 15) is 8.78 Å². The fraction of sp³-hybridized carbons (Fsp3) is 0.692. The summed E-state index contributed by atoms with van der Waals surface area (Å²) in [5.41, 5.74) is 1.04. The van der Waals surface area contributed by atoms with Gasteiger partial charge in [0.05, 0.1) is 0 Å². The molecule has 0 bridgehead atoms. The summed E-state index contributed by atoms with van der Waals surface area (Å²) in [6.45, 7) is 6.01. The zero-order valence-corrected chi connectivity index (χ0v) is 17.4. The maximum Gasteiger partial charge on any atom is 0.129 e. The Labute approximate surface area is 169 Å². The van der Waals surface area contributed by atoms with Gasteiger partial charge in [-0.2, -0.15) is 0 Å². The van der Waals surface area contributed by atoms with Crippen molar-refractivity contribution in [2.45, 2.75) is 83.5 Å². The lowest BCUT2D eigenvalue weighted by Gasteiger charge is -2.45. The highest BCUT2D eigenvalue weighted by Gasteiger charge is 2.39. The third-order valence-corrected chi connectivity index (χ3v) is 8.36. The molecule has 0 spiro atoms. The molecule has 0 nitrogen and oxygen atoms in total. The Bertz CT molecular complexity index is 663. The molecule has 0 aromatic heterocycles. The highest BCUT2D eigenvalue weighted by molar-refractivity contribution is 5.30. The van der Waals surface area contributed by atoms with Crippen LogP contribution in [0.5, 0.6) is 0 Å². The monoisotopic (exact) mass is 386 g/mol. The van der Waals surface area contributed by atoms with Crippen LogP contribution in [0.3, 0.4) is 0 Å². The average Bonchev–Trinajstić information content (AvgIpc) is 2.70. The highest BCUT2D eigenvalue weighted by atomic mass is 19.1. The van der Waals surface area contributed by atoms with Gasteiger partial charge in [0.25, 0.3) is 0 Å². The minimum absolute atomic E-state index is 0.162. The molecule has 4 rings (SSSR count). The van der Waals surface area contributed by atoms with Crippen molar-refractivity contribution in [1.82, 2.24) is 0 Å². The van der Waals surface area contributed by atoms with Crippen molar-refractivity contribution in [2.24, 2.45) is 29.6 Å². The largest absolute Gasteiger partial charge is 0.207 e. The fourth-order valence-corrected chi connectivity index (χ4v) is 6.61. The lowest BCUT2D eigenvalue weighted by atomic mass is 9.60. The first-order valence-electron chi connectivity index (χ1n) is 11.6. The van der Waals surface area contributed by atoms with Crippen LogP contribution in [0, 0.1) is 41.2 Å². The predicted octanol–water partition coefficient (Wildman–Crippen LogP) is 7.82. The van der Waals surface area contributed by atoms with Crippen LogP contribution >= 0.6 is 0 Å². The van der Waals surface area contributed by atoms with Crippen LogP contribution in [-0.4, -0.2) is 0 Å². The molecule has 3 aliphatic rings. The number of fused-ring (bicyclic) bond motifs is 1. The fourth-order valence-electron chi connectivity index (χ4n) is 6.61. The molecule has 1 aromatic rings. The quantitative estimate of drug-likeness (QED) is 0.463. The summed E-state index contributed by atoms with van der Waals surface area (Å²) in [5, 5.41) is 0. The van der Waals surface area contributed by atoms with Crippen LogP contribution in [0.25, 0.3) is 0 Å². The Balaban J connectivity index is 1.38. The Morgan fingerprint density at radius 1 is 0.821 bits per heavy atom. The van der Waals surface area contributed by atoms with Gasteiger partial charge in [0.15, 0.2) is 0 Å². The van der Waals surface area contributed by atoms with Gasteiger partial charge in [-0.25, -0.2) is 8.78 Å². The van der Waals surface area contributed by atoms with Crippen molar-refractivity contribution < 1.29 is 8.78 Å². The Morgan fingerprint density at radius 3 is 2.00 bits per heavy atom. The smallest absolute Gasteiger partial charge is 0.129 e. The molecule has 3 saturated carbocycles. The Hall–Kier alpha value is -1.18. The lowest BCUT2D eigenvalue weighted by molar-refractivity contribution is 0.0731. The predicted molar refractivity (Wildman–Crippen MR) is 112 cm³/mol. The molecule has 0 heterocycles. The molecule has 2 heteroatoms. The minimum atomic E-state index is -0.396. The number of halogens is 2. The van der Waals surface area contributed by atoms with E-state index in [2.05, 4.69) is 13.5 Å². The van der Waals surface area contributed by atoms with E-state index in [4.69, 9.17) is 0 Å². The van der Waals surface area contributed by atoms with Gasteiger partial charge in [0, 0.05) is 5.56 Å². The molecule has 4 atom stereocenters. The summed E-state index contributed by atoms with van der Waals surface area (Å²) in [4.78, 5) is 0. The molecular formula is C26H36F2. The summed E-state index contributed by atoms with van der Waals surface area (Å²) in [7, 11) is 0. The summed E-state index contributed by atoms with van der Waals surface area (Å²) in [6.07, 6.45) is 15.2. The first-order valence-corrected chi connectivity index (χ1v) is 11.6. The van der Waals surface area contributed by atoms with E-state index < -0.39 is 11.6 Å². The highest BCUT2D eigenvalue weighted by Crippen LogP contribution is 2.51. The van der Waals surface area contributed by atoms with Crippen LogP contribution in [-0.2, 0) is 6.42 Å². The van der Waals surface area contributed by atoms with Crippen LogP contribution in [0.4, 0.5) is 8.78 Å². The number of benzene rings is 1. The standard InChI is InChI=1S/C26H36F2/c1-3-4-24-25(27)15-23(16-26(24)28)22-12-11-20-13-19(9-10-21(20)14-22)18-7-5-17(2)6-8-18/h3,15-22H,1,4-14H2,2H3. The van der Waals surface area contributed by atoms with Crippen molar-refractivity contribution in [3.05, 3.63) is 47.5 Å². The maximum atomic E-state index is 14.4. The van der Waals surface area contributed by atoms with Crippen molar-refractivity contribution in [3.63, 3.8) is 0 Å². The van der Waals surface area contributed by atoms with Gasteiger partial charge in [-0.3, -0.25) is 0 Å². The topological polar surface area (TPSA) is 0 Å². The average molecular weight is 387 g/mol. The second-order valence-corrected chi connectivity index (χ2v) is 10.1. The number of hydrogen-bond acceptors (Lipinski definition) is 0. The Morgan fingerprint density at radius 2 is 1.36 bits per heavy atom. The molecule has 3 fully saturated rings. The van der Waals surface area contributed by atoms with E-state index in [-0.39, 0.29) is 12.0 Å². The molecule has 0 aliphatic heterocycles. The lowest BCUT2D eigenvalue weighted by Crippen LogP contribution is -2.34. The first kappa shape index (κ1) is 20.1. The molecule has 0 N–H and O–H groups in total. The molecule has 3 aliphatic carbocycles. The molecule has 4 unspecified atom stereocenters. The molecule has 154 valence electrons. The van der Waals surface area contributed by atoms with E-state index in [1.165, 1.54) is 51.4 Å². The maximum absolute atomic E-state index is 14.4. The van der Waals surface area contributed by atoms with Crippen LogP contribution < -0.4 is 0 Å². The summed E-state index contributed by atoms with van der Waals surface area (Å²) < 4.78 is 28.8. The van der Waals surface area contributed by atoms with Crippen LogP contribution in [0.1, 0.15) is 88.2 Å². The molecule has 0 amide bonds. The molecule has 28 heavy (non-hydrogen) atoms. The van der Waals surface area contributed by atoms with Crippen LogP contribution in [0.15, 0.2) is 24.8 Å². The van der Waals surface area contributed by atoms with Crippen molar-refractivity contribution in [1.29, 1.82) is 0 Å².